The van der Waals surface area contributed by atoms with Gasteiger partial charge in [-0.3, -0.25) is 4.79 Å². The number of hydrogen-bond acceptors (Lipinski definition) is 6. The highest BCUT2D eigenvalue weighted by Crippen LogP contribution is 2.29. The quantitative estimate of drug-likeness (QED) is 0.372. The molecule has 160 valence electrons. The Labute approximate surface area is 191 Å². The predicted octanol–water partition coefficient (Wildman–Crippen LogP) is 5.34. The Balaban J connectivity index is 1.48. The van der Waals surface area contributed by atoms with Gasteiger partial charge in [0.1, 0.15) is 17.1 Å². The van der Waals surface area contributed by atoms with Crippen LogP contribution in [0.3, 0.4) is 0 Å². The molecule has 3 aromatic carbocycles. The van der Waals surface area contributed by atoms with Gasteiger partial charge in [0, 0.05) is 16.8 Å². The van der Waals surface area contributed by atoms with Gasteiger partial charge in [-0.15, -0.1) is 10.2 Å². The van der Waals surface area contributed by atoms with Crippen LogP contribution in [0.15, 0.2) is 90.1 Å². The number of ether oxygens (including phenoxy) is 1. The Morgan fingerprint density at radius 3 is 2.09 bits per heavy atom. The Kier molecular flexibility index (Phi) is 7.09. The summed E-state index contributed by atoms with van der Waals surface area (Å²) in [6.45, 7) is 2.53. The van der Waals surface area contributed by atoms with Crippen LogP contribution >= 0.6 is 11.8 Å². The maximum atomic E-state index is 12.4. The number of thioether (sulfide) groups is 1. The molecule has 1 aromatic heterocycles. The molecule has 4 rings (SSSR count). The van der Waals surface area contributed by atoms with Crippen LogP contribution in [0.4, 0.5) is 5.69 Å². The Morgan fingerprint density at radius 2 is 1.47 bits per heavy atom. The van der Waals surface area contributed by atoms with Gasteiger partial charge < -0.3 is 10.1 Å². The van der Waals surface area contributed by atoms with Crippen molar-refractivity contribution in [2.45, 2.75) is 12.1 Å². The third-order valence-electron chi connectivity index (χ3n) is 4.54. The van der Waals surface area contributed by atoms with Crippen molar-refractivity contribution < 1.29 is 9.53 Å². The lowest BCUT2D eigenvalue weighted by Gasteiger charge is -2.10. The van der Waals surface area contributed by atoms with Gasteiger partial charge in [-0.2, -0.15) is 0 Å². The van der Waals surface area contributed by atoms with Gasteiger partial charge in [0.2, 0.25) is 11.1 Å². The van der Waals surface area contributed by atoms with E-state index in [2.05, 4.69) is 15.5 Å². The number of carbonyl (C=O) groups excluding carboxylic acids is 1. The lowest BCUT2D eigenvalue weighted by atomic mass is 10.0. The van der Waals surface area contributed by atoms with Gasteiger partial charge in [-0.1, -0.05) is 72.4 Å². The number of nitrogens with zero attached hydrogens (tertiary/aromatic N) is 3. The van der Waals surface area contributed by atoms with E-state index in [4.69, 9.17) is 9.72 Å². The van der Waals surface area contributed by atoms with Crippen molar-refractivity contribution in [2.75, 3.05) is 17.7 Å². The zero-order valence-electron chi connectivity index (χ0n) is 17.6. The Bertz CT molecular complexity index is 1170. The minimum absolute atomic E-state index is 0.142. The smallest absolute Gasteiger partial charge is 0.234 e. The van der Waals surface area contributed by atoms with Crippen molar-refractivity contribution in [1.29, 1.82) is 0 Å². The van der Waals surface area contributed by atoms with Crippen LogP contribution in [-0.2, 0) is 4.79 Å². The maximum absolute atomic E-state index is 12.4. The van der Waals surface area contributed by atoms with E-state index in [9.17, 15) is 4.79 Å². The molecular weight excluding hydrogens is 420 g/mol. The third kappa shape index (κ3) is 5.50. The molecule has 0 saturated heterocycles. The molecule has 1 amide bonds. The first-order valence-electron chi connectivity index (χ1n) is 10.2. The third-order valence-corrected chi connectivity index (χ3v) is 5.38. The van der Waals surface area contributed by atoms with Gasteiger partial charge in [0.15, 0.2) is 0 Å². The lowest BCUT2D eigenvalue weighted by Crippen LogP contribution is -2.14. The van der Waals surface area contributed by atoms with Crippen molar-refractivity contribution in [1.82, 2.24) is 15.2 Å². The van der Waals surface area contributed by atoms with Crippen molar-refractivity contribution in [2.24, 2.45) is 0 Å². The average Bonchev–Trinajstić information content (AvgIpc) is 2.85. The van der Waals surface area contributed by atoms with Crippen LogP contribution in [0.25, 0.3) is 22.5 Å². The summed E-state index contributed by atoms with van der Waals surface area (Å²) in [5.41, 5.74) is 4.04. The number of rotatable bonds is 8. The number of aromatic nitrogens is 3. The molecule has 6 nitrogen and oxygen atoms in total. The molecule has 0 bridgehead atoms. The van der Waals surface area contributed by atoms with Crippen LogP contribution in [0.5, 0.6) is 5.75 Å². The predicted molar refractivity (Wildman–Crippen MR) is 128 cm³/mol. The molecule has 0 aliphatic rings. The number of anilines is 1. The first kappa shape index (κ1) is 21.5. The fourth-order valence-electron chi connectivity index (χ4n) is 3.09. The van der Waals surface area contributed by atoms with E-state index in [1.165, 1.54) is 11.8 Å². The summed E-state index contributed by atoms with van der Waals surface area (Å²) in [6, 6.07) is 27.0. The molecule has 4 aromatic rings. The van der Waals surface area contributed by atoms with E-state index in [1.54, 1.807) is 0 Å². The van der Waals surface area contributed by atoms with E-state index < -0.39 is 0 Å². The average molecular weight is 443 g/mol. The van der Waals surface area contributed by atoms with Crippen LogP contribution in [0, 0.1) is 0 Å². The van der Waals surface area contributed by atoms with E-state index in [0.29, 0.717) is 23.1 Å². The topological polar surface area (TPSA) is 77.0 Å². The highest BCUT2D eigenvalue weighted by atomic mass is 32.2. The van der Waals surface area contributed by atoms with Gasteiger partial charge >= 0.3 is 0 Å². The molecule has 32 heavy (non-hydrogen) atoms. The molecule has 0 unspecified atom stereocenters. The molecule has 0 radical (unpaired) electrons. The molecule has 1 N–H and O–H groups in total. The minimum atomic E-state index is -0.142. The first-order valence-corrected chi connectivity index (χ1v) is 11.2. The van der Waals surface area contributed by atoms with Crippen molar-refractivity contribution in [3.8, 4) is 28.3 Å². The van der Waals surface area contributed by atoms with Crippen molar-refractivity contribution in [3.63, 3.8) is 0 Å². The van der Waals surface area contributed by atoms with E-state index in [0.717, 1.165) is 22.6 Å². The fraction of sp³-hybridized carbons (Fsp3) is 0.120. The van der Waals surface area contributed by atoms with Gasteiger partial charge in [0.05, 0.1) is 12.4 Å². The molecule has 7 heteroatoms. The number of benzene rings is 3. The van der Waals surface area contributed by atoms with Gasteiger partial charge in [-0.25, -0.2) is 4.98 Å². The standard InChI is InChI=1S/C25H22N4O2S/c1-2-31-21-15-13-20(14-16-21)26-22(30)17-32-25-27-23(18-9-5-3-6-10-18)24(28-29-25)19-11-7-4-8-12-19/h3-16H,2,17H2,1H3,(H,26,30). The molecule has 1 heterocycles. The summed E-state index contributed by atoms with van der Waals surface area (Å²) in [6.07, 6.45) is 0. The molecule has 0 fully saturated rings. The second-order valence-corrected chi connectivity index (χ2v) is 7.76. The number of carbonyl (C=O) groups is 1. The number of amides is 1. The minimum Gasteiger partial charge on any atom is -0.494 e. The second-order valence-electron chi connectivity index (χ2n) is 6.82. The molecule has 0 saturated carbocycles. The summed E-state index contributed by atoms with van der Waals surface area (Å²) in [7, 11) is 0. The number of nitrogens with one attached hydrogen (secondary N) is 1. The molecule has 0 atom stereocenters. The van der Waals surface area contributed by atoms with Gasteiger partial charge in [0.25, 0.3) is 0 Å². The zero-order valence-corrected chi connectivity index (χ0v) is 18.4. The summed E-state index contributed by atoms with van der Waals surface area (Å²) >= 11 is 1.25. The summed E-state index contributed by atoms with van der Waals surface area (Å²) in [5, 5.41) is 12.0. The lowest BCUT2D eigenvalue weighted by molar-refractivity contribution is -0.113. The largest absolute Gasteiger partial charge is 0.494 e. The Morgan fingerprint density at radius 1 is 0.844 bits per heavy atom. The molecule has 0 spiro atoms. The maximum Gasteiger partial charge on any atom is 0.234 e. The van der Waals surface area contributed by atoms with Gasteiger partial charge in [-0.05, 0) is 31.2 Å². The van der Waals surface area contributed by atoms with Crippen LogP contribution in [-0.4, -0.2) is 33.4 Å². The van der Waals surface area contributed by atoms with Crippen molar-refractivity contribution >= 4 is 23.4 Å². The summed E-state index contributed by atoms with van der Waals surface area (Å²) in [4.78, 5) is 17.1. The van der Waals surface area contributed by atoms with Crippen molar-refractivity contribution in [3.05, 3.63) is 84.9 Å². The number of hydrogen-bond donors (Lipinski definition) is 1. The second kappa shape index (κ2) is 10.5. The van der Waals surface area contributed by atoms with E-state index in [-0.39, 0.29) is 11.7 Å². The zero-order chi connectivity index (χ0) is 22.2. The van der Waals surface area contributed by atoms with E-state index >= 15 is 0 Å². The molecular formula is C25H22N4O2S. The first-order chi connectivity index (χ1) is 15.7. The normalized spacial score (nSPS) is 10.5. The van der Waals surface area contributed by atoms with E-state index in [1.807, 2.05) is 91.9 Å². The van der Waals surface area contributed by atoms with Crippen LogP contribution in [0.1, 0.15) is 6.92 Å². The fourth-order valence-corrected chi connectivity index (χ4v) is 3.68. The van der Waals surface area contributed by atoms with Crippen LogP contribution < -0.4 is 10.1 Å². The highest BCUT2D eigenvalue weighted by Gasteiger charge is 2.14. The highest BCUT2D eigenvalue weighted by molar-refractivity contribution is 7.99. The SMILES string of the molecule is CCOc1ccc(NC(=O)CSc2nnc(-c3ccccc3)c(-c3ccccc3)n2)cc1. The summed E-state index contributed by atoms with van der Waals surface area (Å²) < 4.78 is 5.42. The van der Waals surface area contributed by atoms with Crippen LogP contribution in [0.2, 0.25) is 0 Å². The summed E-state index contributed by atoms with van der Waals surface area (Å²) in [5.74, 6) is 0.802. The Hall–Kier alpha value is -3.71. The monoisotopic (exact) mass is 442 g/mol. The molecule has 0 aliphatic heterocycles. The molecule has 0 aliphatic carbocycles.